The van der Waals surface area contributed by atoms with Crippen LogP contribution in [0.25, 0.3) is 0 Å². The van der Waals surface area contributed by atoms with Crippen molar-refractivity contribution in [3.63, 3.8) is 0 Å². The van der Waals surface area contributed by atoms with Gasteiger partial charge in [-0.15, -0.1) is 0 Å². The second kappa shape index (κ2) is 7.01. The molecule has 3 heteroatoms. The van der Waals surface area contributed by atoms with Gasteiger partial charge in [0, 0.05) is 6.04 Å². The van der Waals surface area contributed by atoms with Crippen molar-refractivity contribution in [1.82, 2.24) is 5.32 Å². The number of carbonyl (C=O) groups is 1. The van der Waals surface area contributed by atoms with Crippen LogP contribution in [0.2, 0.25) is 0 Å². The quantitative estimate of drug-likeness (QED) is 0.799. The van der Waals surface area contributed by atoms with Gasteiger partial charge in [0.15, 0.2) is 0 Å². The zero-order chi connectivity index (χ0) is 11.8. The number of hydrogen-bond donors (Lipinski definition) is 1. The summed E-state index contributed by atoms with van der Waals surface area (Å²) in [4.78, 5) is 11.4. The van der Waals surface area contributed by atoms with Crippen LogP contribution >= 0.6 is 0 Å². The first-order chi connectivity index (χ1) is 7.72. The summed E-state index contributed by atoms with van der Waals surface area (Å²) >= 11 is 0. The van der Waals surface area contributed by atoms with Gasteiger partial charge in [0.1, 0.15) is 6.61 Å². The van der Waals surface area contributed by atoms with Gasteiger partial charge < -0.3 is 10.1 Å². The predicted octanol–water partition coefficient (Wildman–Crippen LogP) is 2.12. The molecule has 1 aromatic rings. The molecule has 1 aromatic carbocycles. The minimum Gasteiger partial charge on any atom is -0.367 e. The molecule has 0 fully saturated rings. The highest BCUT2D eigenvalue weighted by atomic mass is 16.5. The maximum atomic E-state index is 11.4. The van der Waals surface area contributed by atoms with E-state index in [-0.39, 0.29) is 18.6 Å². The molecule has 0 radical (unpaired) electrons. The summed E-state index contributed by atoms with van der Waals surface area (Å²) in [6, 6.07) is 10.0. The Labute approximate surface area is 96.8 Å². The lowest BCUT2D eigenvalue weighted by atomic mass is 10.2. The van der Waals surface area contributed by atoms with Crippen LogP contribution in [-0.2, 0) is 16.1 Å². The summed E-state index contributed by atoms with van der Waals surface area (Å²) < 4.78 is 5.31. The lowest BCUT2D eigenvalue weighted by molar-refractivity contribution is -0.126. The topological polar surface area (TPSA) is 38.3 Å². The molecule has 0 aliphatic heterocycles. The van der Waals surface area contributed by atoms with Crippen LogP contribution in [0, 0.1) is 0 Å². The SMILES string of the molecule is CC[C@@H](C)NC(=O)COCc1ccccc1. The molecular weight excluding hydrogens is 202 g/mol. The number of amides is 1. The van der Waals surface area contributed by atoms with Gasteiger partial charge >= 0.3 is 0 Å². The molecule has 0 aliphatic carbocycles. The normalized spacial score (nSPS) is 12.1. The molecule has 1 rings (SSSR count). The maximum absolute atomic E-state index is 11.4. The van der Waals surface area contributed by atoms with Crippen molar-refractivity contribution in [2.24, 2.45) is 0 Å². The van der Waals surface area contributed by atoms with Gasteiger partial charge in [0.25, 0.3) is 0 Å². The van der Waals surface area contributed by atoms with Crippen LogP contribution < -0.4 is 5.32 Å². The fraction of sp³-hybridized carbons (Fsp3) is 0.462. The second-order valence-electron chi connectivity index (χ2n) is 3.86. The molecule has 0 unspecified atom stereocenters. The number of carbonyl (C=O) groups excluding carboxylic acids is 1. The van der Waals surface area contributed by atoms with E-state index in [4.69, 9.17) is 4.74 Å². The van der Waals surface area contributed by atoms with Gasteiger partial charge in [0.2, 0.25) is 5.91 Å². The molecule has 16 heavy (non-hydrogen) atoms. The van der Waals surface area contributed by atoms with Gasteiger partial charge in [-0.2, -0.15) is 0 Å². The molecule has 3 nitrogen and oxygen atoms in total. The predicted molar refractivity (Wildman–Crippen MR) is 64.0 cm³/mol. The summed E-state index contributed by atoms with van der Waals surface area (Å²) in [5.74, 6) is -0.0507. The summed E-state index contributed by atoms with van der Waals surface area (Å²) in [5, 5.41) is 2.85. The third kappa shape index (κ3) is 4.94. The van der Waals surface area contributed by atoms with Gasteiger partial charge in [-0.1, -0.05) is 37.3 Å². The molecule has 1 amide bonds. The third-order valence-electron chi connectivity index (χ3n) is 2.36. The Morgan fingerprint density at radius 3 is 2.69 bits per heavy atom. The van der Waals surface area contributed by atoms with E-state index >= 15 is 0 Å². The van der Waals surface area contributed by atoms with E-state index in [0.717, 1.165) is 12.0 Å². The molecule has 88 valence electrons. The Kier molecular flexibility index (Phi) is 5.57. The van der Waals surface area contributed by atoms with Gasteiger partial charge in [-0.3, -0.25) is 4.79 Å². The maximum Gasteiger partial charge on any atom is 0.246 e. The Hall–Kier alpha value is -1.35. The average Bonchev–Trinajstić information content (AvgIpc) is 2.30. The number of rotatable bonds is 6. The van der Waals surface area contributed by atoms with Gasteiger partial charge in [-0.25, -0.2) is 0 Å². The molecule has 1 atom stereocenters. The van der Waals surface area contributed by atoms with Crippen molar-refractivity contribution < 1.29 is 9.53 Å². The van der Waals surface area contributed by atoms with E-state index in [0.29, 0.717) is 6.61 Å². The number of ether oxygens (including phenoxy) is 1. The highest BCUT2D eigenvalue weighted by Gasteiger charge is 2.04. The Bertz CT molecular complexity index is 311. The fourth-order valence-corrected chi connectivity index (χ4v) is 1.25. The first-order valence-corrected chi connectivity index (χ1v) is 5.63. The van der Waals surface area contributed by atoms with Crippen molar-refractivity contribution >= 4 is 5.91 Å². The molecule has 1 N–H and O–H groups in total. The summed E-state index contributed by atoms with van der Waals surface area (Å²) in [7, 11) is 0. The largest absolute Gasteiger partial charge is 0.367 e. The fourth-order valence-electron chi connectivity index (χ4n) is 1.25. The highest BCUT2D eigenvalue weighted by Crippen LogP contribution is 2.00. The summed E-state index contributed by atoms with van der Waals surface area (Å²) in [6.45, 7) is 4.62. The first-order valence-electron chi connectivity index (χ1n) is 5.63. The van der Waals surface area contributed by atoms with E-state index in [9.17, 15) is 4.79 Å². The molecule has 0 saturated heterocycles. The van der Waals surface area contributed by atoms with E-state index in [1.54, 1.807) is 0 Å². The Morgan fingerprint density at radius 2 is 2.06 bits per heavy atom. The molecule has 0 heterocycles. The zero-order valence-electron chi connectivity index (χ0n) is 9.90. The smallest absolute Gasteiger partial charge is 0.246 e. The van der Waals surface area contributed by atoms with Crippen LogP contribution in [0.4, 0.5) is 0 Å². The molecule has 0 spiro atoms. The molecular formula is C13H19NO2. The van der Waals surface area contributed by atoms with Crippen molar-refractivity contribution in [1.29, 1.82) is 0 Å². The van der Waals surface area contributed by atoms with E-state index in [1.807, 2.05) is 44.2 Å². The molecule has 0 aliphatic rings. The summed E-state index contributed by atoms with van der Waals surface area (Å²) in [5.41, 5.74) is 1.08. The zero-order valence-corrected chi connectivity index (χ0v) is 9.90. The monoisotopic (exact) mass is 221 g/mol. The van der Waals surface area contributed by atoms with E-state index < -0.39 is 0 Å². The highest BCUT2D eigenvalue weighted by molar-refractivity contribution is 5.77. The van der Waals surface area contributed by atoms with Crippen molar-refractivity contribution in [2.45, 2.75) is 32.9 Å². The minimum atomic E-state index is -0.0507. The van der Waals surface area contributed by atoms with Crippen LogP contribution in [0.3, 0.4) is 0 Å². The minimum absolute atomic E-state index is 0.0507. The number of nitrogens with one attached hydrogen (secondary N) is 1. The average molecular weight is 221 g/mol. The lowest BCUT2D eigenvalue weighted by Gasteiger charge is -2.11. The Balaban J connectivity index is 2.18. The van der Waals surface area contributed by atoms with Crippen molar-refractivity contribution in [3.8, 4) is 0 Å². The lowest BCUT2D eigenvalue weighted by Crippen LogP contribution is -2.34. The van der Waals surface area contributed by atoms with Crippen LogP contribution in [0.5, 0.6) is 0 Å². The third-order valence-corrected chi connectivity index (χ3v) is 2.36. The molecule has 0 aromatic heterocycles. The molecule has 0 saturated carbocycles. The number of hydrogen-bond acceptors (Lipinski definition) is 2. The van der Waals surface area contributed by atoms with E-state index in [1.165, 1.54) is 0 Å². The van der Waals surface area contributed by atoms with E-state index in [2.05, 4.69) is 5.32 Å². The van der Waals surface area contributed by atoms with Crippen LogP contribution in [0.1, 0.15) is 25.8 Å². The van der Waals surface area contributed by atoms with Gasteiger partial charge in [0.05, 0.1) is 6.61 Å². The Morgan fingerprint density at radius 1 is 1.38 bits per heavy atom. The first kappa shape index (κ1) is 12.7. The second-order valence-corrected chi connectivity index (χ2v) is 3.86. The van der Waals surface area contributed by atoms with Crippen molar-refractivity contribution in [2.75, 3.05) is 6.61 Å². The van der Waals surface area contributed by atoms with Crippen molar-refractivity contribution in [3.05, 3.63) is 35.9 Å². The summed E-state index contributed by atoms with van der Waals surface area (Å²) in [6.07, 6.45) is 0.935. The number of benzene rings is 1. The molecule has 0 bridgehead atoms. The van der Waals surface area contributed by atoms with Crippen LogP contribution in [0.15, 0.2) is 30.3 Å². The standard InChI is InChI=1S/C13H19NO2/c1-3-11(2)14-13(15)10-16-9-12-7-5-4-6-8-12/h4-8,11H,3,9-10H2,1-2H3,(H,14,15)/t11-/m1/s1. The van der Waals surface area contributed by atoms with Gasteiger partial charge in [-0.05, 0) is 18.9 Å². The van der Waals surface area contributed by atoms with Crippen LogP contribution in [-0.4, -0.2) is 18.6 Å².